The van der Waals surface area contributed by atoms with Crippen molar-refractivity contribution in [2.75, 3.05) is 38.5 Å². The van der Waals surface area contributed by atoms with Crippen LogP contribution in [0.5, 0.6) is 0 Å². The highest BCUT2D eigenvalue weighted by atomic mass is 32.2. The fourth-order valence-electron chi connectivity index (χ4n) is 2.48. The minimum atomic E-state index is -3.46. The second kappa shape index (κ2) is 8.14. The first-order valence-electron chi connectivity index (χ1n) is 7.91. The zero-order valence-electron chi connectivity index (χ0n) is 13.7. The summed E-state index contributed by atoms with van der Waals surface area (Å²) in [6, 6.07) is 8.11. The van der Waals surface area contributed by atoms with Gasteiger partial charge in [0.15, 0.2) is 9.84 Å². The van der Waals surface area contributed by atoms with Crippen molar-refractivity contribution in [3.05, 3.63) is 30.3 Å². The molecule has 0 aromatic heterocycles. The number of ether oxygens (including phenoxy) is 1. The molecule has 1 saturated heterocycles. The Morgan fingerprint density at radius 3 is 2.21 bits per heavy atom. The van der Waals surface area contributed by atoms with Crippen LogP contribution < -0.4 is 0 Å². The number of amides is 2. The largest absolute Gasteiger partial charge is 0.450 e. The van der Waals surface area contributed by atoms with Gasteiger partial charge in [-0.25, -0.2) is 13.2 Å². The Morgan fingerprint density at radius 1 is 1.04 bits per heavy atom. The van der Waals surface area contributed by atoms with E-state index in [-0.39, 0.29) is 29.1 Å². The highest BCUT2D eigenvalue weighted by molar-refractivity contribution is 7.91. The van der Waals surface area contributed by atoms with Gasteiger partial charge in [-0.3, -0.25) is 4.79 Å². The Labute approximate surface area is 142 Å². The first-order valence-corrected chi connectivity index (χ1v) is 9.56. The van der Waals surface area contributed by atoms with Crippen LogP contribution in [0.15, 0.2) is 35.2 Å². The molecule has 0 unspecified atom stereocenters. The highest BCUT2D eigenvalue weighted by Crippen LogP contribution is 2.12. The summed E-state index contributed by atoms with van der Waals surface area (Å²) < 4.78 is 29.3. The van der Waals surface area contributed by atoms with Crippen LogP contribution in [0, 0.1) is 0 Å². The number of sulfone groups is 1. The number of nitrogens with zero attached hydrogens (tertiary/aromatic N) is 2. The molecule has 1 aliphatic rings. The Bertz CT molecular complexity index is 667. The van der Waals surface area contributed by atoms with Crippen molar-refractivity contribution >= 4 is 21.8 Å². The molecule has 1 aliphatic heterocycles. The molecular weight excluding hydrogens is 332 g/mol. The maximum Gasteiger partial charge on any atom is 0.409 e. The van der Waals surface area contributed by atoms with Gasteiger partial charge in [0.2, 0.25) is 5.91 Å². The second-order valence-corrected chi connectivity index (χ2v) is 7.56. The number of benzene rings is 1. The molecule has 1 heterocycles. The number of hydrogen-bond donors (Lipinski definition) is 0. The molecule has 132 valence electrons. The van der Waals surface area contributed by atoms with Crippen molar-refractivity contribution < 1.29 is 22.7 Å². The molecule has 1 aromatic carbocycles. The van der Waals surface area contributed by atoms with Crippen molar-refractivity contribution in [2.45, 2.75) is 18.2 Å². The van der Waals surface area contributed by atoms with E-state index in [2.05, 4.69) is 0 Å². The van der Waals surface area contributed by atoms with E-state index in [0.29, 0.717) is 32.8 Å². The summed E-state index contributed by atoms with van der Waals surface area (Å²) in [6.45, 7) is 3.64. The lowest BCUT2D eigenvalue weighted by atomic mass is 10.3. The minimum absolute atomic E-state index is 0.0589. The lowest BCUT2D eigenvalue weighted by Crippen LogP contribution is -2.50. The first-order chi connectivity index (χ1) is 11.4. The van der Waals surface area contributed by atoms with E-state index in [1.54, 1.807) is 34.9 Å². The maximum absolute atomic E-state index is 12.2. The SMILES string of the molecule is CCOC(=O)N1CCN(C(=O)CCS(=O)(=O)c2ccccc2)CC1. The molecule has 0 N–H and O–H groups in total. The van der Waals surface area contributed by atoms with E-state index in [9.17, 15) is 18.0 Å². The number of piperazine rings is 1. The normalized spacial score (nSPS) is 15.2. The van der Waals surface area contributed by atoms with E-state index < -0.39 is 9.84 Å². The number of hydrogen-bond acceptors (Lipinski definition) is 5. The molecule has 24 heavy (non-hydrogen) atoms. The highest BCUT2D eigenvalue weighted by Gasteiger charge is 2.26. The van der Waals surface area contributed by atoms with Gasteiger partial charge in [-0.15, -0.1) is 0 Å². The molecule has 1 fully saturated rings. The molecule has 8 heteroatoms. The molecule has 1 aromatic rings. The van der Waals surface area contributed by atoms with Crippen LogP contribution in [-0.2, 0) is 19.4 Å². The summed E-state index contributed by atoms with van der Waals surface area (Å²) in [6.07, 6.45) is -0.437. The van der Waals surface area contributed by atoms with Crippen LogP contribution in [0.2, 0.25) is 0 Å². The topological polar surface area (TPSA) is 84.0 Å². The standard InChI is InChI=1S/C16H22N2O5S/c1-2-23-16(20)18-11-9-17(10-12-18)15(19)8-13-24(21,22)14-6-4-3-5-7-14/h3-7H,2,8-13H2,1H3. The third-order valence-corrected chi connectivity index (χ3v) is 5.58. The maximum atomic E-state index is 12.2. The van der Waals surface area contributed by atoms with Gasteiger partial charge in [-0.05, 0) is 19.1 Å². The smallest absolute Gasteiger partial charge is 0.409 e. The quantitative estimate of drug-likeness (QED) is 0.792. The molecule has 0 bridgehead atoms. The molecule has 0 radical (unpaired) electrons. The first kappa shape index (κ1) is 18.3. The van der Waals surface area contributed by atoms with Crippen molar-refractivity contribution in [1.82, 2.24) is 9.80 Å². The van der Waals surface area contributed by atoms with Crippen molar-refractivity contribution in [3.63, 3.8) is 0 Å². The van der Waals surface area contributed by atoms with E-state index >= 15 is 0 Å². The molecule has 2 rings (SSSR count). The molecule has 0 aliphatic carbocycles. The van der Waals surface area contributed by atoms with Crippen molar-refractivity contribution in [3.8, 4) is 0 Å². The molecule has 0 spiro atoms. The van der Waals surface area contributed by atoms with Crippen LogP contribution in [-0.4, -0.2) is 68.8 Å². The molecular formula is C16H22N2O5S. The summed E-state index contributed by atoms with van der Waals surface area (Å²) in [5.41, 5.74) is 0. The Balaban J connectivity index is 1.83. The summed E-state index contributed by atoms with van der Waals surface area (Å²) in [4.78, 5) is 27.2. The Morgan fingerprint density at radius 2 is 1.62 bits per heavy atom. The summed E-state index contributed by atoms with van der Waals surface area (Å²) in [5.74, 6) is -0.425. The average Bonchev–Trinajstić information content (AvgIpc) is 2.61. The van der Waals surface area contributed by atoms with E-state index in [0.717, 1.165) is 0 Å². The zero-order chi connectivity index (χ0) is 17.6. The van der Waals surface area contributed by atoms with Crippen molar-refractivity contribution in [2.24, 2.45) is 0 Å². The van der Waals surface area contributed by atoms with Crippen LogP contribution in [0.1, 0.15) is 13.3 Å². The van der Waals surface area contributed by atoms with Gasteiger partial charge >= 0.3 is 6.09 Å². The van der Waals surface area contributed by atoms with Crippen LogP contribution >= 0.6 is 0 Å². The van der Waals surface area contributed by atoms with Gasteiger partial charge in [-0.2, -0.15) is 0 Å². The van der Waals surface area contributed by atoms with Gasteiger partial charge in [0.25, 0.3) is 0 Å². The number of carbonyl (C=O) groups is 2. The van der Waals surface area contributed by atoms with Gasteiger partial charge in [0.1, 0.15) is 0 Å². The fourth-order valence-corrected chi connectivity index (χ4v) is 3.73. The Hall–Kier alpha value is -2.09. The second-order valence-electron chi connectivity index (χ2n) is 5.45. The lowest BCUT2D eigenvalue weighted by Gasteiger charge is -2.34. The molecule has 0 saturated carbocycles. The average molecular weight is 354 g/mol. The van der Waals surface area contributed by atoms with E-state index in [1.165, 1.54) is 12.1 Å². The van der Waals surface area contributed by atoms with Crippen LogP contribution in [0.3, 0.4) is 0 Å². The minimum Gasteiger partial charge on any atom is -0.450 e. The fraction of sp³-hybridized carbons (Fsp3) is 0.500. The summed E-state index contributed by atoms with van der Waals surface area (Å²) in [5, 5.41) is 0. The molecule has 7 nitrogen and oxygen atoms in total. The number of carbonyl (C=O) groups excluding carboxylic acids is 2. The van der Waals surface area contributed by atoms with Gasteiger partial charge in [0, 0.05) is 32.6 Å². The predicted molar refractivity (Wildman–Crippen MR) is 88.3 cm³/mol. The summed E-state index contributed by atoms with van der Waals surface area (Å²) in [7, 11) is -3.46. The van der Waals surface area contributed by atoms with E-state index in [1.807, 2.05) is 0 Å². The predicted octanol–water partition coefficient (Wildman–Crippen LogP) is 1.15. The van der Waals surface area contributed by atoms with Gasteiger partial charge < -0.3 is 14.5 Å². The van der Waals surface area contributed by atoms with Crippen molar-refractivity contribution in [1.29, 1.82) is 0 Å². The molecule has 2 amide bonds. The Kier molecular flexibility index (Phi) is 6.19. The van der Waals surface area contributed by atoms with Gasteiger partial charge in [-0.1, -0.05) is 18.2 Å². The molecule has 0 atom stereocenters. The lowest BCUT2D eigenvalue weighted by molar-refractivity contribution is -0.132. The summed E-state index contributed by atoms with van der Waals surface area (Å²) >= 11 is 0. The van der Waals surface area contributed by atoms with E-state index in [4.69, 9.17) is 4.74 Å². The van der Waals surface area contributed by atoms with Crippen LogP contribution in [0.4, 0.5) is 4.79 Å². The van der Waals surface area contributed by atoms with Gasteiger partial charge in [0.05, 0.1) is 17.3 Å². The third kappa shape index (κ3) is 4.70. The number of rotatable bonds is 5. The zero-order valence-corrected chi connectivity index (χ0v) is 14.5. The van der Waals surface area contributed by atoms with Crippen LogP contribution in [0.25, 0.3) is 0 Å². The monoisotopic (exact) mass is 354 g/mol. The third-order valence-electron chi connectivity index (χ3n) is 3.85.